The molecule has 1 aliphatic rings. The number of likely N-dealkylation sites (tertiary alicyclic amines) is 1. The van der Waals surface area contributed by atoms with Crippen molar-refractivity contribution in [2.24, 2.45) is 0 Å². The van der Waals surface area contributed by atoms with Gasteiger partial charge < -0.3 is 15.3 Å². The average Bonchev–Trinajstić information content (AvgIpc) is 2.82. The fourth-order valence-electron chi connectivity index (χ4n) is 2.20. The van der Waals surface area contributed by atoms with E-state index in [1.807, 2.05) is 0 Å². The summed E-state index contributed by atoms with van der Waals surface area (Å²) in [6.07, 6.45) is -0.210. The van der Waals surface area contributed by atoms with Crippen molar-refractivity contribution >= 4 is 23.5 Å². The lowest BCUT2D eigenvalue weighted by atomic mass is 10.1. The minimum atomic E-state index is -2.37. The highest BCUT2D eigenvalue weighted by molar-refractivity contribution is 5.96. The molecule has 0 saturated carbocycles. The molecule has 0 bridgehead atoms. The molecule has 6 nitrogen and oxygen atoms in total. The predicted octanol–water partition coefficient (Wildman–Crippen LogP) is 1.28. The van der Waals surface area contributed by atoms with Gasteiger partial charge in [0.2, 0.25) is 11.6 Å². The zero-order valence-electron chi connectivity index (χ0n) is 11.4. The number of benzene rings is 1. The molecule has 0 radical (unpaired) electrons. The molecule has 1 atom stereocenters. The number of nitrogens with zero attached hydrogens (tertiary/aromatic N) is 1. The van der Waals surface area contributed by atoms with Crippen LogP contribution in [0.25, 0.3) is 0 Å². The van der Waals surface area contributed by atoms with Crippen LogP contribution in [-0.4, -0.2) is 46.5 Å². The summed E-state index contributed by atoms with van der Waals surface area (Å²) in [5.74, 6) is -2.19. The third kappa shape index (κ3) is 3.18. The quantitative estimate of drug-likeness (QED) is 0.879. The first-order valence-corrected chi connectivity index (χ1v) is 6.41. The Morgan fingerprint density at radius 2 is 1.90 bits per heavy atom. The maximum Gasteiger partial charge on any atom is 0.343 e. The summed E-state index contributed by atoms with van der Waals surface area (Å²) in [7, 11) is 0. The van der Waals surface area contributed by atoms with Crippen LogP contribution < -0.4 is 5.32 Å². The number of amides is 2. The summed E-state index contributed by atoms with van der Waals surface area (Å²) in [4.78, 5) is 35.1. The Morgan fingerprint density at radius 1 is 1.29 bits per heavy atom. The van der Waals surface area contributed by atoms with Crippen LogP contribution in [0.1, 0.15) is 23.7 Å². The summed E-state index contributed by atoms with van der Waals surface area (Å²) in [6.45, 7) is 0.986. The number of alkyl halides is 1. The van der Waals surface area contributed by atoms with E-state index in [1.54, 1.807) is 12.1 Å². The maximum absolute atomic E-state index is 13.9. The number of carbonyl (C=O) groups is 3. The number of carboxylic acid groups (broad SMARTS) is 1. The molecule has 1 aromatic carbocycles. The van der Waals surface area contributed by atoms with Crippen molar-refractivity contribution in [1.29, 1.82) is 0 Å². The smallest absolute Gasteiger partial charge is 0.343 e. The maximum atomic E-state index is 13.9. The first-order chi connectivity index (χ1) is 9.82. The van der Waals surface area contributed by atoms with E-state index < -0.39 is 24.1 Å². The second-order valence-corrected chi connectivity index (χ2v) is 5.01. The summed E-state index contributed by atoms with van der Waals surface area (Å²) >= 11 is 0. The topological polar surface area (TPSA) is 86.7 Å². The summed E-state index contributed by atoms with van der Waals surface area (Å²) in [5, 5.41) is 11.4. The highest BCUT2D eigenvalue weighted by Gasteiger charge is 2.46. The number of aliphatic carboxylic acids is 1. The molecule has 2 amide bonds. The Labute approximate surface area is 120 Å². The van der Waals surface area contributed by atoms with E-state index in [2.05, 4.69) is 5.32 Å². The number of carbonyl (C=O) groups excluding carboxylic acids is 2. The minimum absolute atomic E-state index is 0.0646. The van der Waals surface area contributed by atoms with Gasteiger partial charge in [0.25, 0.3) is 5.91 Å². The molecule has 0 spiro atoms. The molecular formula is C14H15FN2O4. The van der Waals surface area contributed by atoms with E-state index in [0.29, 0.717) is 11.3 Å². The van der Waals surface area contributed by atoms with Crippen molar-refractivity contribution < 1.29 is 23.9 Å². The van der Waals surface area contributed by atoms with E-state index in [4.69, 9.17) is 5.11 Å². The number of halogens is 1. The fourth-order valence-corrected chi connectivity index (χ4v) is 2.20. The van der Waals surface area contributed by atoms with Crippen molar-refractivity contribution in [3.8, 4) is 0 Å². The molecule has 1 saturated heterocycles. The van der Waals surface area contributed by atoms with Gasteiger partial charge in [-0.3, -0.25) is 9.59 Å². The summed E-state index contributed by atoms with van der Waals surface area (Å²) < 4.78 is 13.9. The molecular weight excluding hydrogens is 279 g/mol. The van der Waals surface area contributed by atoms with Crippen LogP contribution in [0.15, 0.2) is 24.3 Å². The Morgan fingerprint density at radius 3 is 2.38 bits per heavy atom. The lowest BCUT2D eigenvalue weighted by Gasteiger charge is -2.18. The van der Waals surface area contributed by atoms with Gasteiger partial charge in [-0.15, -0.1) is 0 Å². The molecule has 0 aliphatic carbocycles. The van der Waals surface area contributed by atoms with Gasteiger partial charge in [0, 0.05) is 31.1 Å². The first kappa shape index (κ1) is 15.0. The molecule has 112 valence electrons. The molecule has 0 aromatic heterocycles. The van der Waals surface area contributed by atoms with Crippen LogP contribution >= 0.6 is 0 Å². The standard InChI is InChI=1S/C14H15FN2O4/c1-9(18)16-11-4-2-10(3-5-11)12(19)17-7-6-14(15,8-17)13(20)21/h2-5H,6-8H2,1H3,(H,16,18)(H,20,21). The second kappa shape index (κ2) is 5.51. The molecule has 1 heterocycles. The van der Waals surface area contributed by atoms with Gasteiger partial charge in [-0.1, -0.05) is 0 Å². The van der Waals surface area contributed by atoms with Crippen LogP contribution in [0.5, 0.6) is 0 Å². The van der Waals surface area contributed by atoms with Crippen molar-refractivity contribution in [1.82, 2.24) is 4.90 Å². The van der Waals surface area contributed by atoms with Crippen molar-refractivity contribution in [2.75, 3.05) is 18.4 Å². The van der Waals surface area contributed by atoms with Crippen molar-refractivity contribution in [3.05, 3.63) is 29.8 Å². The SMILES string of the molecule is CC(=O)Nc1ccc(C(=O)N2CCC(F)(C(=O)O)C2)cc1. The third-order valence-corrected chi connectivity index (χ3v) is 3.34. The molecule has 21 heavy (non-hydrogen) atoms. The average molecular weight is 294 g/mol. The van der Waals surface area contributed by atoms with Gasteiger partial charge in [-0.2, -0.15) is 0 Å². The molecule has 1 fully saturated rings. The van der Waals surface area contributed by atoms with Crippen LogP contribution in [0, 0.1) is 0 Å². The van der Waals surface area contributed by atoms with Gasteiger partial charge in [0.1, 0.15) is 0 Å². The predicted molar refractivity (Wildman–Crippen MR) is 72.7 cm³/mol. The zero-order chi connectivity index (χ0) is 15.6. The molecule has 7 heteroatoms. The molecule has 2 rings (SSSR count). The Bertz CT molecular complexity index is 587. The Balaban J connectivity index is 2.07. The third-order valence-electron chi connectivity index (χ3n) is 3.34. The lowest BCUT2D eigenvalue weighted by molar-refractivity contribution is -0.149. The second-order valence-electron chi connectivity index (χ2n) is 5.01. The lowest BCUT2D eigenvalue weighted by Crippen LogP contribution is -2.38. The van der Waals surface area contributed by atoms with Crippen molar-refractivity contribution in [2.45, 2.75) is 19.0 Å². The number of nitrogens with one attached hydrogen (secondary N) is 1. The molecule has 1 aliphatic heterocycles. The van der Waals surface area contributed by atoms with Crippen molar-refractivity contribution in [3.63, 3.8) is 0 Å². The van der Waals surface area contributed by atoms with Gasteiger partial charge >= 0.3 is 5.97 Å². The van der Waals surface area contributed by atoms with E-state index in [9.17, 15) is 18.8 Å². The number of hydrogen-bond acceptors (Lipinski definition) is 3. The molecule has 1 aromatic rings. The van der Waals surface area contributed by atoms with E-state index in [0.717, 1.165) is 0 Å². The highest BCUT2D eigenvalue weighted by atomic mass is 19.1. The number of rotatable bonds is 3. The summed E-state index contributed by atoms with van der Waals surface area (Å²) in [5.41, 5.74) is -1.50. The monoisotopic (exact) mass is 294 g/mol. The first-order valence-electron chi connectivity index (χ1n) is 6.41. The number of anilines is 1. The van der Waals surface area contributed by atoms with Crippen LogP contribution in [0.4, 0.5) is 10.1 Å². The van der Waals surface area contributed by atoms with Gasteiger partial charge in [-0.25, -0.2) is 9.18 Å². The Hall–Kier alpha value is -2.44. The number of hydrogen-bond donors (Lipinski definition) is 2. The van der Waals surface area contributed by atoms with Crippen LogP contribution in [0.2, 0.25) is 0 Å². The van der Waals surface area contributed by atoms with Crippen LogP contribution in [0.3, 0.4) is 0 Å². The Kier molecular flexibility index (Phi) is 3.93. The zero-order valence-corrected chi connectivity index (χ0v) is 11.4. The summed E-state index contributed by atoms with van der Waals surface area (Å²) in [6, 6.07) is 6.13. The normalized spacial score (nSPS) is 21.1. The van der Waals surface area contributed by atoms with E-state index >= 15 is 0 Å². The molecule has 1 unspecified atom stereocenters. The number of carboxylic acids is 1. The van der Waals surface area contributed by atoms with Gasteiger partial charge in [-0.05, 0) is 24.3 Å². The van der Waals surface area contributed by atoms with E-state index in [-0.39, 0.29) is 18.9 Å². The highest BCUT2D eigenvalue weighted by Crippen LogP contribution is 2.27. The largest absolute Gasteiger partial charge is 0.479 e. The van der Waals surface area contributed by atoms with Gasteiger partial charge in [0.05, 0.1) is 6.54 Å². The van der Waals surface area contributed by atoms with E-state index in [1.165, 1.54) is 24.0 Å². The van der Waals surface area contributed by atoms with Gasteiger partial charge in [0.15, 0.2) is 0 Å². The fraction of sp³-hybridized carbons (Fsp3) is 0.357. The van der Waals surface area contributed by atoms with Crippen LogP contribution in [-0.2, 0) is 9.59 Å². The molecule has 2 N–H and O–H groups in total. The minimum Gasteiger partial charge on any atom is -0.479 e.